The average Bonchev–Trinajstić information content (AvgIpc) is 1.64. The lowest BCUT2D eigenvalue weighted by molar-refractivity contribution is -0.601. The van der Waals surface area contributed by atoms with Crippen LogP contribution in [0.4, 0.5) is 0 Å². The Hall–Kier alpha value is -1.20. The molecule has 0 aromatic heterocycles. The standard InChI is InChI=1S/CHN3O4S/c2-1-3(4(5)6)9(7)8/h(H,7,8). The van der Waals surface area contributed by atoms with Gasteiger partial charge in [-0.3, -0.25) is 4.55 Å². The Morgan fingerprint density at radius 2 is 2.33 bits per heavy atom. The topological polar surface area (TPSA) is 107 Å². The van der Waals surface area contributed by atoms with Gasteiger partial charge in [-0.1, -0.05) is 0 Å². The molecule has 0 saturated heterocycles. The molecular weight excluding hydrogens is 150 g/mol. The summed E-state index contributed by atoms with van der Waals surface area (Å²) in [6.07, 6.45) is 0.885. The van der Waals surface area contributed by atoms with Crippen molar-refractivity contribution in [3.8, 4) is 6.19 Å². The second-order valence-corrected chi connectivity index (χ2v) is 1.65. The second-order valence-electron chi connectivity index (χ2n) is 0.841. The summed E-state index contributed by atoms with van der Waals surface area (Å²) in [4.78, 5) is 9.53. The molecule has 7 nitrogen and oxygen atoms in total. The van der Waals surface area contributed by atoms with Crippen LogP contribution in [0.1, 0.15) is 0 Å². The highest BCUT2D eigenvalue weighted by molar-refractivity contribution is 7.76. The Morgan fingerprint density at radius 3 is 2.33 bits per heavy atom. The van der Waals surface area contributed by atoms with E-state index in [1.165, 1.54) is 0 Å². The highest BCUT2D eigenvalue weighted by Crippen LogP contribution is 1.86. The molecule has 0 amide bonds. The van der Waals surface area contributed by atoms with E-state index in [0.29, 0.717) is 0 Å². The Bertz CT molecular complexity index is 169. The van der Waals surface area contributed by atoms with Crippen LogP contribution in [0.5, 0.6) is 0 Å². The van der Waals surface area contributed by atoms with Crippen LogP contribution in [-0.4, -0.2) is 18.2 Å². The average molecular weight is 151 g/mol. The zero-order chi connectivity index (χ0) is 7.44. The first-order valence-corrected chi connectivity index (χ1v) is 2.61. The maximum atomic E-state index is 9.74. The Labute approximate surface area is 52.0 Å². The fourth-order valence-corrected chi connectivity index (χ4v) is 0.312. The molecule has 1 N–H and O–H groups in total. The molecule has 0 aliphatic rings. The Kier molecular flexibility index (Phi) is 2.56. The number of hydrazine groups is 1. The van der Waals surface area contributed by atoms with Crippen LogP contribution in [0, 0.1) is 21.6 Å². The van der Waals surface area contributed by atoms with Crippen LogP contribution in [0.2, 0.25) is 0 Å². The second kappa shape index (κ2) is 2.95. The maximum absolute atomic E-state index is 9.74. The van der Waals surface area contributed by atoms with E-state index in [9.17, 15) is 14.3 Å². The molecule has 0 aliphatic carbocycles. The van der Waals surface area contributed by atoms with Gasteiger partial charge >= 0.3 is 11.3 Å². The summed E-state index contributed by atoms with van der Waals surface area (Å²) in [5.74, 6) is 0. The molecule has 0 fully saturated rings. The lowest BCUT2D eigenvalue weighted by atomic mass is 11.4. The molecule has 1 unspecified atom stereocenters. The van der Waals surface area contributed by atoms with E-state index in [-0.39, 0.29) is 0 Å². The number of nitro groups is 1. The summed E-state index contributed by atoms with van der Waals surface area (Å²) >= 11 is -2.86. The third-order valence-corrected chi connectivity index (χ3v) is 0.893. The zero-order valence-electron chi connectivity index (χ0n) is 3.92. The Morgan fingerprint density at radius 1 is 1.89 bits per heavy atom. The van der Waals surface area contributed by atoms with Crippen molar-refractivity contribution in [3.05, 3.63) is 10.1 Å². The van der Waals surface area contributed by atoms with Gasteiger partial charge < -0.3 is 0 Å². The van der Waals surface area contributed by atoms with E-state index in [2.05, 4.69) is 0 Å². The third kappa shape index (κ3) is 2.02. The summed E-state index contributed by atoms with van der Waals surface area (Å²) in [6, 6.07) is 0. The number of hydrogen-bond acceptors (Lipinski definition) is 4. The molecule has 8 heteroatoms. The molecule has 0 heterocycles. The van der Waals surface area contributed by atoms with E-state index >= 15 is 0 Å². The summed E-state index contributed by atoms with van der Waals surface area (Å²) in [6.45, 7) is 0. The minimum atomic E-state index is -2.86. The molecule has 0 bridgehead atoms. The molecule has 0 aromatic carbocycles. The smallest absolute Gasteiger partial charge is 0.285 e. The molecular formula is CHN3O4S. The van der Waals surface area contributed by atoms with Gasteiger partial charge in [-0.15, -0.1) is 0 Å². The molecule has 0 aromatic rings. The first kappa shape index (κ1) is 7.80. The van der Waals surface area contributed by atoms with Crippen LogP contribution >= 0.6 is 0 Å². The van der Waals surface area contributed by atoms with Crippen LogP contribution in [0.3, 0.4) is 0 Å². The molecule has 0 rings (SSSR count). The van der Waals surface area contributed by atoms with Crippen LogP contribution in [0.25, 0.3) is 0 Å². The number of hydrogen-bond donors (Lipinski definition) is 1. The highest BCUT2D eigenvalue weighted by atomic mass is 32.2. The number of nitriles is 1. The van der Waals surface area contributed by atoms with Gasteiger partial charge in [-0.05, 0) is 0 Å². The minimum Gasteiger partial charge on any atom is -0.285 e. The van der Waals surface area contributed by atoms with Crippen molar-refractivity contribution in [3.63, 3.8) is 0 Å². The van der Waals surface area contributed by atoms with Crippen molar-refractivity contribution in [1.29, 1.82) is 5.26 Å². The maximum Gasteiger partial charge on any atom is 0.334 e. The fraction of sp³-hybridized carbons (Fsp3) is 0. The van der Waals surface area contributed by atoms with Gasteiger partial charge in [0.1, 0.15) is 0 Å². The molecule has 0 spiro atoms. The lowest BCUT2D eigenvalue weighted by Crippen LogP contribution is -2.26. The van der Waals surface area contributed by atoms with E-state index in [0.717, 1.165) is 6.19 Å². The van der Waals surface area contributed by atoms with E-state index in [4.69, 9.17) is 9.81 Å². The minimum absolute atomic E-state index is 0.486. The first-order valence-electron chi connectivity index (χ1n) is 1.54. The van der Waals surface area contributed by atoms with E-state index < -0.39 is 20.7 Å². The molecule has 0 saturated carbocycles. The molecule has 50 valence electrons. The van der Waals surface area contributed by atoms with Crippen molar-refractivity contribution in [2.24, 2.45) is 0 Å². The third-order valence-electron chi connectivity index (χ3n) is 0.382. The van der Waals surface area contributed by atoms with Crippen molar-refractivity contribution in [2.45, 2.75) is 0 Å². The number of nitrogens with zero attached hydrogens (tertiary/aromatic N) is 3. The summed E-state index contributed by atoms with van der Waals surface area (Å²) in [7, 11) is 0. The molecule has 0 aliphatic heterocycles. The van der Waals surface area contributed by atoms with Gasteiger partial charge in [0.2, 0.25) is 0 Å². The summed E-state index contributed by atoms with van der Waals surface area (Å²) in [5.41, 5.74) is 0. The van der Waals surface area contributed by atoms with Crippen molar-refractivity contribution >= 4 is 11.3 Å². The first-order chi connectivity index (χ1) is 4.09. The monoisotopic (exact) mass is 151 g/mol. The highest BCUT2D eigenvalue weighted by Gasteiger charge is 2.19. The van der Waals surface area contributed by atoms with E-state index in [1.807, 2.05) is 0 Å². The predicted molar refractivity (Wildman–Crippen MR) is 25.2 cm³/mol. The normalized spacial score (nSPS) is 11.6. The van der Waals surface area contributed by atoms with Crippen LogP contribution in [-0.2, 0) is 11.3 Å². The van der Waals surface area contributed by atoms with Gasteiger partial charge in [0.15, 0.2) is 5.03 Å². The van der Waals surface area contributed by atoms with Crippen molar-refractivity contribution in [1.82, 2.24) is 4.41 Å². The van der Waals surface area contributed by atoms with Crippen LogP contribution < -0.4 is 0 Å². The molecule has 9 heavy (non-hydrogen) atoms. The summed E-state index contributed by atoms with van der Waals surface area (Å²) < 4.78 is 17.2. The number of rotatable bonds is 2. The van der Waals surface area contributed by atoms with Crippen LogP contribution in [0.15, 0.2) is 0 Å². The zero-order valence-corrected chi connectivity index (χ0v) is 4.74. The van der Waals surface area contributed by atoms with Gasteiger partial charge in [-0.25, -0.2) is 10.1 Å². The van der Waals surface area contributed by atoms with Gasteiger partial charge in [-0.2, -0.15) is 9.47 Å². The van der Waals surface area contributed by atoms with Crippen molar-refractivity contribution < 1.29 is 13.8 Å². The van der Waals surface area contributed by atoms with E-state index in [1.54, 1.807) is 0 Å². The van der Waals surface area contributed by atoms with Gasteiger partial charge in [0.25, 0.3) is 6.19 Å². The van der Waals surface area contributed by atoms with Crippen molar-refractivity contribution in [2.75, 3.05) is 0 Å². The SMILES string of the molecule is N#CN([N+](=O)[O-])S(=O)O. The molecule has 1 atom stereocenters. The summed E-state index contributed by atoms with van der Waals surface area (Å²) in [5, 5.41) is 16.0. The molecule has 0 radical (unpaired) electrons. The lowest BCUT2D eigenvalue weighted by Gasteiger charge is -1.93. The predicted octanol–water partition coefficient (Wildman–Crippen LogP) is -0.902. The fourth-order valence-electron chi connectivity index (χ4n) is 0.128. The Balaban J connectivity index is 4.22. The quantitative estimate of drug-likeness (QED) is 0.181. The largest absolute Gasteiger partial charge is 0.334 e. The van der Waals surface area contributed by atoms with Gasteiger partial charge in [0.05, 0.1) is 4.41 Å². The van der Waals surface area contributed by atoms with Gasteiger partial charge in [0, 0.05) is 0 Å².